The van der Waals surface area contributed by atoms with Crippen molar-refractivity contribution in [3.8, 4) is 0 Å². The van der Waals surface area contributed by atoms with Gasteiger partial charge in [-0.3, -0.25) is 0 Å². The van der Waals surface area contributed by atoms with Gasteiger partial charge in [-0.25, -0.2) is 16.8 Å². The molecule has 184 valence electrons. The number of sulfone groups is 2. The molecular formula is C23H14F6O4S2. The number of fused-ring (bicyclic) bond motifs is 2. The van der Waals surface area contributed by atoms with Crippen LogP contribution in [0.3, 0.4) is 0 Å². The fraction of sp³-hybridized carbons (Fsp3) is 0.217. The van der Waals surface area contributed by atoms with Crippen molar-refractivity contribution in [2.75, 3.05) is 0 Å². The minimum Gasteiger partial charge on any atom is -0.219 e. The molecule has 0 unspecified atom stereocenters. The van der Waals surface area contributed by atoms with Crippen molar-refractivity contribution < 1.29 is 43.2 Å². The first-order chi connectivity index (χ1) is 16.0. The maximum Gasteiger partial charge on any atom is 0.380 e. The lowest BCUT2D eigenvalue weighted by Gasteiger charge is -2.26. The van der Waals surface area contributed by atoms with Gasteiger partial charge in [0.2, 0.25) is 19.7 Å². The lowest BCUT2D eigenvalue weighted by molar-refractivity contribution is -0.263. The molecule has 2 aliphatic heterocycles. The van der Waals surface area contributed by atoms with E-state index >= 15 is 17.6 Å². The second-order valence-corrected chi connectivity index (χ2v) is 12.5. The first-order valence-corrected chi connectivity index (χ1v) is 13.0. The van der Waals surface area contributed by atoms with Crippen LogP contribution in [0.4, 0.5) is 26.3 Å². The van der Waals surface area contributed by atoms with Crippen LogP contribution in [0.1, 0.15) is 25.0 Å². The molecule has 0 radical (unpaired) electrons. The first-order valence-electron chi connectivity index (χ1n) is 10.0. The summed E-state index contributed by atoms with van der Waals surface area (Å²) in [5.74, 6) is -17.1. The Kier molecular flexibility index (Phi) is 4.55. The number of hydrogen-bond acceptors (Lipinski definition) is 4. The summed E-state index contributed by atoms with van der Waals surface area (Å²) in [5, 5.41) is 0. The van der Waals surface area contributed by atoms with Crippen LogP contribution in [0.25, 0.3) is 11.1 Å². The molecule has 3 aliphatic rings. The minimum atomic E-state index is -5.98. The molecule has 2 aromatic rings. The van der Waals surface area contributed by atoms with E-state index in [4.69, 9.17) is 0 Å². The molecule has 0 atom stereocenters. The summed E-state index contributed by atoms with van der Waals surface area (Å²) in [4.78, 5) is -2.63. The summed E-state index contributed by atoms with van der Waals surface area (Å²) in [6, 6.07) is 9.22. The Hall–Kier alpha value is -2.86. The Bertz CT molecular complexity index is 1540. The molecule has 35 heavy (non-hydrogen) atoms. The van der Waals surface area contributed by atoms with Crippen LogP contribution in [0.2, 0.25) is 0 Å². The Balaban J connectivity index is 2.02. The standard InChI is InChI=1S/C23H14F6O4S2/c1-11-17(13-7-3-5-9-15(13)34(11,30)31)19-20(22(26,27)23(28,29)21(19,24)25)18-12(2)35(32,33)16-10-6-4-8-14(16)18/h3-10H,1-2H3. The van der Waals surface area contributed by atoms with E-state index in [2.05, 4.69) is 0 Å². The Morgan fingerprint density at radius 3 is 1.23 bits per heavy atom. The fourth-order valence-electron chi connectivity index (χ4n) is 4.80. The quantitative estimate of drug-likeness (QED) is 0.470. The van der Waals surface area contributed by atoms with Gasteiger partial charge in [-0.2, -0.15) is 26.3 Å². The van der Waals surface area contributed by atoms with Crippen molar-refractivity contribution in [1.82, 2.24) is 0 Å². The second kappa shape index (κ2) is 6.67. The van der Waals surface area contributed by atoms with Crippen LogP contribution in [0, 0.1) is 0 Å². The fourth-order valence-corrected chi connectivity index (χ4v) is 7.86. The molecule has 2 heterocycles. The topological polar surface area (TPSA) is 68.3 Å². The van der Waals surface area contributed by atoms with Crippen molar-refractivity contribution >= 4 is 30.8 Å². The molecule has 4 nitrogen and oxygen atoms in total. The van der Waals surface area contributed by atoms with Gasteiger partial charge < -0.3 is 0 Å². The molecule has 0 aromatic heterocycles. The van der Waals surface area contributed by atoms with Crippen molar-refractivity contribution in [2.24, 2.45) is 0 Å². The van der Waals surface area contributed by atoms with E-state index in [0.29, 0.717) is 0 Å². The summed E-state index contributed by atoms with van der Waals surface area (Å²) in [6.07, 6.45) is 0. The molecule has 0 saturated carbocycles. The van der Waals surface area contributed by atoms with Gasteiger partial charge in [0.25, 0.3) is 0 Å². The average molecular weight is 532 g/mol. The van der Waals surface area contributed by atoms with Crippen molar-refractivity contribution in [2.45, 2.75) is 41.4 Å². The smallest absolute Gasteiger partial charge is 0.219 e. The zero-order valence-corrected chi connectivity index (χ0v) is 19.5. The van der Waals surface area contributed by atoms with E-state index in [1.807, 2.05) is 0 Å². The number of alkyl halides is 6. The molecule has 5 rings (SSSR count). The minimum absolute atomic E-state index is 0.446. The molecule has 2 aromatic carbocycles. The molecule has 0 amide bonds. The van der Waals surface area contributed by atoms with E-state index in [-0.39, 0.29) is 0 Å². The van der Waals surface area contributed by atoms with E-state index in [1.54, 1.807) is 0 Å². The summed E-state index contributed by atoms with van der Waals surface area (Å²) in [6.45, 7) is 1.72. The van der Waals surface area contributed by atoms with Gasteiger partial charge >= 0.3 is 17.8 Å². The van der Waals surface area contributed by atoms with E-state index in [1.165, 1.54) is 24.3 Å². The van der Waals surface area contributed by atoms with E-state index < -0.39 is 90.5 Å². The monoisotopic (exact) mass is 532 g/mol. The van der Waals surface area contributed by atoms with Crippen molar-refractivity contribution in [1.29, 1.82) is 0 Å². The molecule has 0 bridgehead atoms. The Labute approximate surface area is 196 Å². The number of halogens is 6. The average Bonchev–Trinajstić information content (AvgIpc) is 3.15. The molecule has 0 fully saturated rings. The third-order valence-corrected chi connectivity index (χ3v) is 10.5. The third kappa shape index (κ3) is 2.58. The number of allylic oxidation sites excluding steroid dienone is 6. The van der Waals surface area contributed by atoms with Crippen LogP contribution in [-0.4, -0.2) is 34.6 Å². The second-order valence-electron chi connectivity index (χ2n) is 8.33. The lowest BCUT2D eigenvalue weighted by Crippen LogP contribution is -2.49. The predicted molar refractivity (Wildman–Crippen MR) is 114 cm³/mol. The van der Waals surface area contributed by atoms with Crippen LogP contribution >= 0.6 is 0 Å². The summed E-state index contributed by atoms with van der Waals surface area (Å²) < 4.78 is 143. The Morgan fingerprint density at radius 1 is 0.571 bits per heavy atom. The molecule has 0 spiro atoms. The molecule has 1 aliphatic carbocycles. The normalized spacial score (nSPS) is 24.7. The maximum absolute atomic E-state index is 15.4. The summed E-state index contributed by atoms with van der Waals surface area (Å²) in [5.41, 5.74) is -6.67. The van der Waals surface area contributed by atoms with Crippen molar-refractivity contribution in [3.05, 3.63) is 80.6 Å². The van der Waals surface area contributed by atoms with E-state index in [9.17, 15) is 25.6 Å². The van der Waals surface area contributed by atoms with E-state index in [0.717, 1.165) is 38.1 Å². The third-order valence-electron chi connectivity index (χ3n) is 6.57. The van der Waals surface area contributed by atoms with Crippen LogP contribution in [-0.2, 0) is 19.7 Å². The first kappa shape index (κ1) is 23.9. The molecule has 12 heteroatoms. The Morgan fingerprint density at radius 2 is 0.886 bits per heavy atom. The highest BCUT2D eigenvalue weighted by molar-refractivity contribution is 7.96. The van der Waals surface area contributed by atoms with Crippen LogP contribution in [0.5, 0.6) is 0 Å². The molecular weight excluding hydrogens is 518 g/mol. The van der Waals surface area contributed by atoms with Crippen molar-refractivity contribution in [3.63, 3.8) is 0 Å². The zero-order chi connectivity index (χ0) is 25.9. The van der Waals surface area contributed by atoms with Gasteiger partial charge in [0.15, 0.2) is 0 Å². The largest absolute Gasteiger partial charge is 0.380 e. The van der Waals surface area contributed by atoms with Crippen LogP contribution < -0.4 is 0 Å². The predicted octanol–water partition coefficient (Wildman–Crippen LogP) is 5.64. The summed E-state index contributed by atoms with van der Waals surface area (Å²) >= 11 is 0. The maximum atomic E-state index is 15.4. The van der Waals surface area contributed by atoms with Gasteiger partial charge in [0.1, 0.15) is 0 Å². The lowest BCUT2D eigenvalue weighted by atomic mass is 9.87. The number of rotatable bonds is 2. The molecule has 0 N–H and O–H groups in total. The number of benzene rings is 2. The highest BCUT2D eigenvalue weighted by atomic mass is 32.2. The highest BCUT2D eigenvalue weighted by Gasteiger charge is 2.81. The number of hydrogen-bond donors (Lipinski definition) is 0. The van der Waals surface area contributed by atoms with Gasteiger partial charge in [0, 0.05) is 33.4 Å². The highest BCUT2D eigenvalue weighted by Crippen LogP contribution is 2.67. The summed E-state index contributed by atoms with van der Waals surface area (Å²) in [7, 11) is -8.90. The zero-order valence-electron chi connectivity index (χ0n) is 17.8. The van der Waals surface area contributed by atoms with Gasteiger partial charge in [-0.15, -0.1) is 0 Å². The molecule has 0 saturated heterocycles. The SMILES string of the molecule is CC1=C(C2=C(C3=C(C)S(=O)(=O)c4ccccc43)C(F)(F)C(F)(F)C2(F)F)c2ccccc2S1(=O)=O. The van der Waals surface area contributed by atoms with Gasteiger partial charge in [-0.1, -0.05) is 36.4 Å². The van der Waals surface area contributed by atoms with Gasteiger partial charge in [-0.05, 0) is 26.0 Å². The van der Waals surface area contributed by atoms with Crippen LogP contribution in [0.15, 0.2) is 79.3 Å². The van der Waals surface area contributed by atoms with Gasteiger partial charge in [0.05, 0.1) is 19.6 Å².